The molecule has 5 heteroatoms. The smallest absolute Gasteiger partial charge is 0.223 e. The monoisotopic (exact) mass is 341 g/mol. The summed E-state index contributed by atoms with van der Waals surface area (Å²) >= 11 is 0. The van der Waals surface area contributed by atoms with Crippen LogP contribution in [0, 0.1) is 12.8 Å². The molecule has 2 fully saturated rings. The van der Waals surface area contributed by atoms with Crippen LogP contribution >= 0.6 is 0 Å². The molecule has 1 aliphatic heterocycles. The minimum absolute atomic E-state index is 0.0957. The quantitative estimate of drug-likeness (QED) is 0.829. The van der Waals surface area contributed by atoms with Crippen molar-refractivity contribution in [2.75, 3.05) is 13.1 Å². The van der Waals surface area contributed by atoms with Crippen LogP contribution in [0.15, 0.2) is 28.8 Å². The summed E-state index contributed by atoms with van der Waals surface area (Å²) in [5.41, 5.74) is 1.42. The number of rotatable bonds is 5. The lowest BCUT2D eigenvalue weighted by atomic mass is 9.80. The predicted octanol–water partition coefficient (Wildman–Crippen LogP) is 3.72. The number of benzene rings is 1. The van der Waals surface area contributed by atoms with Crippen LogP contribution in [0.25, 0.3) is 0 Å². The molecule has 2 aliphatic rings. The summed E-state index contributed by atoms with van der Waals surface area (Å²) in [5, 5.41) is 4.28. The van der Waals surface area contributed by atoms with E-state index < -0.39 is 0 Å². The molecule has 134 valence electrons. The minimum Gasteiger partial charge on any atom is -0.491 e. The SMILES string of the molecule is Cc1nc([C@@]23CCC[C@@H]2CN(Cc2ccc(OC(C)C)cc2)C3)no1. The van der Waals surface area contributed by atoms with E-state index in [9.17, 15) is 0 Å². The summed E-state index contributed by atoms with van der Waals surface area (Å²) < 4.78 is 11.0. The molecule has 0 bridgehead atoms. The summed E-state index contributed by atoms with van der Waals surface area (Å²) in [6.45, 7) is 9.10. The van der Waals surface area contributed by atoms with Crippen molar-refractivity contribution in [1.29, 1.82) is 0 Å². The van der Waals surface area contributed by atoms with Crippen LogP contribution in [0.4, 0.5) is 0 Å². The van der Waals surface area contributed by atoms with Gasteiger partial charge in [-0.05, 0) is 50.3 Å². The van der Waals surface area contributed by atoms with Gasteiger partial charge in [-0.15, -0.1) is 0 Å². The van der Waals surface area contributed by atoms with E-state index in [0.717, 1.165) is 31.2 Å². The van der Waals surface area contributed by atoms with Crippen LogP contribution in [0.3, 0.4) is 0 Å². The highest BCUT2D eigenvalue weighted by Gasteiger charge is 2.53. The van der Waals surface area contributed by atoms with Crippen LogP contribution in [0.5, 0.6) is 5.75 Å². The highest BCUT2D eigenvalue weighted by molar-refractivity contribution is 5.28. The number of fused-ring (bicyclic) bond motifs is 1. The molecule has 2 heterocycles. The van der Waals surface area contributed by atoms with E-state index in [4.69, 9.17) is 9.26 Å². The lowest BCUT2D eigenvalue weighted by Gasteiger charge is -2.25. The van der Waals surface area contributed by atoms with Gasteiger partial charge in [0.25, 0.3) is 0 Å². The average molecular weight is 341 g/mol. The van der Waals surface area contributed by atoms with E-state index in [-0.39, 0.29) is 11.5 Å². The van der Waals surface area contributed by atoms with Crippen molar-refractivity contribution in [1.82, 2.24) is 15.0 Å². The molecule has 0 spiro atoms. The van der Waals surface area contributed by atoms with Crippen LogP contribution in [0.2, 0.25) is 0 Å². The van der Waals surface area contributed by atoms with Gasteiger partial charge in [0, 0.05) is 26.6 Å². The van der Waals surface area contributed by atoms with Gasteiger partial charge in [0.05, 0.1) is 11.5 Å². The Bertz CT molecular complexity index is 725. The Morgan fingerprint density at radius 2 is 2.12 bits per heavy atom. The maximum absolute atomic E-state index is 5.74. The zero-order valence-electron chi connectivity index (χ0n) is 15.4. The number of hydrogen-bond acceptors (Lipinski definition) is 5. The lowest BCUT2D eigenvalue weighted by molar-refractivity contribution is 0.242. The Balaban J connectivity index is 1.46. The third-order valence-corrected chi connectivity index (χ3v) is 5.62. The Morgan fingerprint density at radius 3 is 2.80 bits per heavy atom. The maximum atomic E-state index is 5.74. The molecule has 0 amide bonds. The summed E-state index contributed by atoms with van der Waals surface area (Å²) in [5.74, 6) is 3.19. The molecular formula is C20H27N3O2. The molecule has 0 unspecified atom stereocenters. The number of aryl methyl sites for hydroxylation is 1. The van der Waals surface area contributed by atoms with E-state index in [2.05, 4.69) is 53.2 Å². The first-order valence-electron chi connectivity index (χ1n) is 9.34. The predicted molar refractivity (Wildman–Crippen MR) is 95.5 cm³/mol. The molecule has 0 N–H and O–H groups in total. The van der Waals surface area contributed by atoms with Crippen molar-refractivity contribution in [3.8, 4) is 5.75 Å². The second-order valence-electron chi connectivity index (χ2n) is 7.86. The first-order valence-corrected chi connectivity index (χ1v) is 9.34. The summed E-state index contributed by atoms with van der Waals surface area (Å²) in [6.07, 6.45) is 3.93. The molecule has 25 heavy (non-hydrogen) atoms. The summed E-state index contributed by atoms with van der Waals surface area (Å²) in [6, 6.07) is 8.50. The average Bonchev–Trinajstić information content (AvgIpc) is 3.23. The second-order valence-corrected chi connectivity index (χ2v) is 7.86. The molecule has 1 aromatic carbocycles. The van der Waals surface area contributed by atoms with Gasteiger partial charge in [0.1, 0.15) is 5.75 Å². The summed E-state index contributed by atoms with van der Waals surface area (Å²) in [7, 11) is 0. The normalized spacial score (nSPS) is 26.3. The fourth-order valence-corrected chi connectivity index (χ4v) is 4.58. The van der Waals surface area contributed by atoms with Gasteiger partial charge in [0.2, 0.25) is 5.89 Å². The van der Waals surface area contributed by atoms with E-state index in [0.29, 0.717) is 11.8 Å². The van der Waals surface area contributed by atoms with Crippen LogP contribution < -0.4 is 4.74 Å². The van der Waals surface area contributed by atoms with Crippen molar-refractivity contribution in [3.63, 3.8) is 0 Å². The molecule has 2 atom stereocenters. The third kappa shape index (κ3) is 3.17. The van der Waals surface area contributed by atoms with Gasteiger partial charge < -0.3 is 9.26 Å². The molecule has 1 saturated heterocycles. The fourth-order valence-electron chi connectivity index (χ4n) is 4.58. The Hall–Kier alpha value is -1.88. The lowest BCUT2D eigenvalue weighted by Crippen LogP contribution is -2.33. The van der Waals surface area contributed by atoms with Gasteiger partial charge in [-0.25, -0.2) is 0 Å². The molecule has 1 aromatic heterocycles. The largest absolute Gasteiger partial charge is 0.491 e. The van der Waals surface area contributed by atoms with Crippen molar-refractivity contribution in [2.45, 2.75) is 58.1 Å². The first kappa shape index (κ1) is 16.6. The van der Waals surface area contributed by atoms with Gasteiger partial charge in [-0.2, -0.15) is 4.98 Å². The topological polar surface area (TPSA) is 51.4 Å². The van der Waals surface area contributed by atoms with Crippen LogP contribution in [-0.4, -0.2) is 34.2 Å². The number of likely N-dealkylation sites (tertiary alicyclic amines) is 1. The van der Waals surface area contributed by atoms with E-state index >= 15 is 0 Å². The summed E-state index contributed by atoms with van der Waals surface area (Å²) in [4.78, 5) is 7.14. The van der Waals surface area contributed by atoms with E-state index in [1.807, 2.05) is 6.92 Å². The number of hydrogen-bond donors (Lipinski definition) is 0. The number of aromatic nitrogens is 2. The highest BCUT2D eigenvalue weighted by Crippen LogP contribution is 2.49. The Morgan fingerprint density at radius 1 is 1.32 bits per heavy atom. The number of ether oxygens (including phenoxy) is 1. The van der Waals surface area contributed by atoms with Crippen LogP contribution in [-0.2, 0) is 12.0 Å². The Kier molecular flexibility index (Phi) is 4.28. The standard InChI is InChI=1S/C20H27N3O2/c1-14(2)24-18-8-6-16(7-9-18)11-23-12-17-5-4-10-20(17,13-23)19-21-15(3)25-22-19/h6-9,14,17H,4-5,10-13H2,1-3H3/t17-,20-/m1/s1. The van der Waals surface area contributed by atoms with Crippen LogP contribution in [0.1, 0.15) is 50.4 Å². The maximum Gasteiger partial charge on any atom is 0.223 e. The van der Waals surface area contributed by atoms with Crippen molar-refractivity contribution in [2.24, 2.45) is 5.92 Å². The Labute approximate surface area is 149 Å². The van der Waals surface area contributed by atoms with Gasteiger partial charge in [-0.1, -0.05) is 23.7 Å². The van der Waals surface area contributed by atoms with E-state index in [1.165, 1.54) is 24.8 Å². The van der Waals surface area contributed by atoms with E-state index in [1.54, 1.807) is 0 Å². The highest BCUT2D eigenvalue weighted by atomic mass is 16.5. The molecule has 1 saturated carbocycles. The van der Waals surface area contributed by atoms with Gasteiger partial charge in [-0.3, -0.25) is 4.90 Å². The van der Waals surface area contributed by atoms with Crippen molar-refractivity contribution >= 4 is 0 Å². The molecule has 5 nitrogen and oxygen atoms in total. The van der Waals surface area contributed by atoms with Gasteiger partial charge >= 0.3 is 0 Å². The molecule has 4 rings (SSSR count). The van der Waals surface area contributed by atoms with Gasteiger partial charge in [0.15, 0.2) is 5.82 Å². The minimum atomic E-state index is 0.0957. The molecule has 2 aromatic rings. The number of nitrogens with zero attached hydrogens (tertiary/aromatic N) is 3. The van der Waals surface area contributed by atoms with Crippen molar-refractivity contribution < 1.29 is 9.26 Å². The van der Waals surface area contributed by atoms with Crippen molar-refractivity contribution in [3.05, 3.63) is 41.5 Å². The first-order chi connectivity index (χ1) is 12.0. The molecule has 1 aliphatic carbocycles. The zero-order chi connectivity index (χ0) is 17.4. The zero-order valence-corrected chi connectivity index (χ0v) is 15.4. The fraction of sp³-hybridized carbons (Fsp3) is 0.600. The third-order valence-electron chi connectivity index (χ3n) is 5.62. The second kappa shape index (κ2) is 6.45. The molecule has 0 radical (unpaired) electrons. The molecular weight excluding hydrogens is 314 g/mol.